The Morgan fingerprint density at radius 2 is 2.07 bits per heavy atom. The molecule has 3 N–H and O–H groups in total. The molecule has 1 aliphatic carbocycles. The van der Waals surface area contributed by atoms with Crippen molar-refractivity contribution in [2.24, 2.45) is 17.1 Å². The average Bonchev–Trinajstić information content (AvgIpc) is 2.80. The summed E-state index contributed by atoms with van der Waals surface area (Å²) in [5.41, 5.74) is 6.91. The highest BCUT2D eigenvalue weighted by molar-refractivity contribution is 5.87. The van der Waals surface area contributed by atoms with E-state index >= 15 is 0 Å². The lowest BCUT2D eigenvalue weighted by atomic mass is 9.93. The Kier molecular flexibility index (Phi) is 2.06. The third-order valence-electron chi connectivity index (χ3n) is 3.35. The van der Waals surface area contributed by atoms with Crippen molar-refractivity contribution < 1.29 is 0 Å². The molecule has 0 aromatic heterocycles. The molecule has 0 amide bonds. The largest absolute Gasteiger partial charge is 0.387 e. The maximum absolute atomic E-state index is 7.62. The van der Waals surface area contributed by atoms with Crippen LogP contribution in [0.3, 0.4) is 0 Å². The molecule has 1 aromatic rings. The van der Waals surface area contributed by atoms with Crippen LogP contribution in [0.15, 0.2) is 30.3 Å². The molecule has 2 rings (SSSR count). The Labute approximate surface area is 84.6 Å². The van der Waals surface area contributed by atoms with Gasteiger partial charge in [-0.15, -0.1) is 0 Å². The van der Waals surface area contributed by atoms with Gasteiger partial charge in [0.1, 0.15) is 0 Å². The Morgan fingerprint density at radius 1 is 1.50 bits per heavy atom. The molecule has 0 bridgehead atoms. The normalized spacial score (nSPS) is 29.9. The number of hydrogen-bond donors (Lipinski definition) is 2. The molecular weight excluding hydrogens is 172 g/mol. The zero-order valence-corrected chi connectivity index (χ0v) is 8.46. The fraction of sp³-hybridized carbons (Fsp3) is 0.417. The minimum absolute atomic E-state index is 0.0264. The molecule has 0 aliphatic heterocycles. The van der Waals surface area contributed by atoms with Crippen LogP contribution in [-0.4, -0.2) is 5.84 Å². The lowest BCUT2D eigenvalue weighted by Crippen LogP contribution is -2.27. The van der Waals surface area contributed by atoms with E-state index in [1.807, 2.05) is 18.2 Å². The molecule has 1 saturated carbocycles. The number of nitrogens with one attached hydrogen (secondary N) is 1. The number of rotatable bonds is 3. The van der Waals surface area contributed by atoms with Crippen molar-refractivity contribution >= 4 is 5.84 Å². The Bertz CT molecular complexity index is 345. The van der Waals surface area contributed by atoms with E-state index in [0.29, 0.717) is 11.8 Å². The van der Waals surface area contributed by atoms with E-state index in [1.165, 1.54) is 5.56 Å². The van der Waals surface area contributed by atoms with Crippen LogP contribution >= 0.6 is 0 Å². The second kappa shape index (κ2) is 3.12. The predicted molar refractivity (Wildman–Crippen MR) is 58.3 cm³/mol. The summed E-state index contributed by atoms with van der Waals surface area (Å²) in [5.74, 6) is 0.925. The summed E-state index contributed by atoms with van der Waals surface area (Å²) in [6, 6.07) is 10.3. The van der Waals surface area contributed by atoms with Crippen LogP contribution in [0.5, 0.6) is 0 Å². The van der Waals surface area contributed by atoms with Crippen molar-refractivity contribution in [1.82, 2.24) is 0 Å². The molecule has 0 spiro atoms. The van der Waals surface area contributed by atoms with Gasteiger partial charge in [-0.25, -0.2) is 0 Å². The van der Waals surface area contributed by atoms with Crippen LogP contribution in [-0.2, 0) is 6.42 Å². The first-order valence-electron chi connectivity index (χ1n) is 5.03. The third-order valence-corrected chi connectivity index (χ3v) is 3.35. The van der Waals surface area contributed by atoms with Gasteiger partial charge in [-0.3, -0.25) is 5.41 Å². The van der Waals surface area contributed by atoms with E-state index in [2.05, 4.69) is 19.1 Å². The molecule has 0 saturated heterocycles. The lowest BCUT2D eigenvalue weighted by Gasteiger charge is -2.14. The molecule has 14 heavy (non-hydrogen) atoms. The monoisotopic (exact) mass is 188 g/mol. The molecule has 1 aromatic carbocycles. The van der Waals surface area contributed by atoms with Gasteiger partial charge in [-0.05, 0) is 24.3 Å². The second-order valence-corrected chi connectivity index (χ2v) is 4.34. The Morgan fingerprint density at radius 3 is 2.50 bits per heavy atom. The molecule has 2 nitrogen and oxygen atoms in total. The van der Waals surface area contributed by atoms with Gasteiger partial charge in [-0.1, -0.05) is 37.3 Å². The first-order chi connectivity index (χ1) is 6.65. The van der Waals surface area contributed by atoms with Crippen LogP contribution in [0, 0.1) is 16.7 Å². The van der Waals surface area contributed by atoms with Gasteiger partial charge >= 0.3 is 0 Å². The Hall–Kier alpha value is -1.31. The van der Waals surface area contributed by atoms with Crippen molar-refractivity contribution in [2.75, 3.05) is 0 Å². The molecule has 0 heterocycles. The molecule has 0 radical (unpaired) electrons. The minimum Gasteiger partial charge on any atom is -0.387 e. The van der Waals surface area contributed by atoms with Gasteiger partial charge in [0.15, 0.2) is 0 Å². The average molecular weight is 188 g/mol. The van der Waals surface area contributed by atoms with E-state index in [4.69, 9.17) is 11.1 Å². The minimum atomic E-state index is -0.0264. The third kappa shape index (κ3) is 1.41. The van der Waals surface area contributed by atoms with Gasteiger partial charge < -0.3 is 5.73 Å². The van der Waals surface area contributed by atoms with Crippen LogP contribution < -0.4 is 5.73 Å². The predicted octanol–water partition coefficient (Wildman–Crippen LogP) is 2.19. The number of nitrogens with two attached hydrogens (primary N) is 1. The number of benzene rings is 1. The summed E-state index contributed by atoms with van der Waals surface area (Å²) < 4.78 is 0. The quantitative estimate of drug-likeness (QED) is 0.554. The van der Waals surface area contributed by atoms with E-state index in [1.54, 1.807) is 0 Å². The standard InChI is InChI=1S/C12H16N2/c1-9-7-12(9,11(13)14)8-10-5-3-2-4-6-10/h2-6,9H,7-8H2,1H3,(H3,13,14). The van der Waals surface area contributed by atoms with E-state index in [-0.39, 0.29) is 5.41 Å². The highest BCUT2D eigenvalue weighted by Crippen LogP contribution is 2.54. The molecule has 74 valence electrons. The summed E-state index contributed by atoms with van der Waals surface area (Å²) in [6.07, 6.45) is 1.99. The maximum atomic E-state index is 7.62. The zero-order chi connectivity index (χ0) is 10.2. The van der Waals surface area contributed by atoms with Crippen LogP contribution in [0.1, 0.15) is 18.9 Å². The zero-order valence-electron chi connectivity index (χ0n) is 8.46. The highest BCUT2D eigenvalue weighted by atomic mass is 14.8. The summed E-state index contributed by atoms with van der Waals surface area (Å²) in [7, 11) is 0. The maximum Gasteiger partial charge on any atom is 0.0974 e. The highest BCUT2D eigenvalue weighted by Gasteiger charge is 2.53. The van der Waals surface area contributed by atoms with Crippen molar-refractivity contribution in [3.63, 3.8) is 0 Å². The fourth-order valence-electron chi connectivity index (χ4n) is 2.16. The summed E-state index contributed by atoms with van der Waals surface area (Å²) in [5, 5.41) is 7.62. The summed E-state index contributed by atoms with van der Waals surface area (Å²) in [4.78, 5) is 0. The number of hydrogen-bond acceptors (Lipinski definition) is 1. The first kappa shape index (κ1) is 9.25. The number of amidine groups is 1. The van der Waals surface area contributed by atoms with Crippen molar-refractivity contribution in [3.05, 3.63) is 35.9 Å². The fourth-order valence-corrected chi connectivity index (χ4v) is 2.16. The van der Waals surface area contributed by atoms with Gasteiger partial charge in [0.05, 0.1) is 5.84 Å². The van der Waals surface area contributed by atoms with E-state index in [0.717, 1.165) is 12.8 Å². The van der Waals surface area contributed by atoms with Crippen molar-refractivity contribution in [2.45, 2.75) is 19.8 Å². The van der Waals surface area contributed by atoms with Crippen molar-refractivity contribution in [1.29, 1.82) is 5.41 Å². The van der Waals surface area contributed by atoms with Crippen LogP contribution in [0.25, 0.3) is 0 Å². The summed E-state index contributed by atoms with van der Waals surface area (Å²) in [6.45, 7) is 2.17. The molecule has 1 fully saturated rings. The van der Waals surface area contributed by atoms with Crippen LogP contribution in [0.4, 0.5) is 0 Å². The van der Waals surface area contributed by atoms with Gasteiger partial charge in [0, 0.05) is 5.41 Å². The van der Waals surface area contributed by atoms with Gasteiger partial charge in [0.25, 0.3) is 0 Å². The molecule has 2 unspecified atom stereocenters. The van der Waals surface area contributed by atoms with Gasteiger partial charge in [-0.2, -0.15) is 0 Å². The summed E-state index contributed by atoms with van der Waals surface area (Å²) >= 11 is 0. The second-order valence-electron chi connectivity index (χ2n) is 4.34. The smallest absolute Gasteiger partial charge is 0.0974 e. The molecule has 2 atom stereocenters. The van der Waals surface area contributed by atoms with E-state index in [9.17, 15) is 0 Å². The molecular formula is C12H16N2. The van der Waals surface area contributed by atoms with E-state index < -0.39 is 0 Å². The topological polar surface area (TPSA) is 49.9 Å². The first-order valence-corrected chi connectivity index (χ1v) is 5.03. The van der Waals surface area contributed by atoms with Crippen LogP contribution in [0.2, 0.25) is 0 Å². The van der Waals surface area contributed by atoms with Gasteiger partial charge in [0.2, 0.25) is 0 Å². The molecule has 2 heteroatoms. The SMILES string of the molecule is CC1CC1(Cc1ccccc1)C(=N)N. The lowest BCUT2D eigenvalue weighted by molar-refractivity contribution is 0.619. The van der Waals surface area contributed by atoms with Crippen molar-refractivity contribution in [3.8, 4) is 0 Å². The molecule has 1 aliphatic rings. The Balaban J connectivity index is 2.15.